The van der Waals surface area contributed by atoms with Crippen molar-refractivity contribution < 1.29 is 4.79 Å². The van der Waals surface area contributed by atoms with Crippen molar-refractivity contribution in [1.29, 1.82) is 0 Å². The molecule has 2 aliphatic rings. The number of rotatable bonds is 3. The molecule has 2 aromatic rings. The van der Waals surface area contributed by atoms with Gasteiger partial charge in [0.05, 0.1) is 17.8 Å². The summed E-state index contributed by atoms with van der Waals surface area (Å²) >= 11 is 0. The number of aromatic amines is 1. The Kier molecular flexibility index (Phi) is 3.75. The predicted octanol–water partition coefficient (Wildman–Crippen LogP) is 3.85. The van der Waals surface area contributed by atoms with E-state index in [1.165, 1.54) is 19.3 Å². The molecule has 2 heterocycles. The van der Waals surface area contributed by atoms with Gasteiger partial charge in [-0.25, -0.2) is 0 Å². The second kappa shape index (κ2) is 5.93. The quantitative estimate of drug-likeness (QED) is 0.844. The molecule has 0 bridgehead atoms. The number of aromatic nitrogens is 1. The first kappa shape index (κ1) is 15.2. The number of fused-ring (bicyclic) bond motifs is 1. The number of ketones is 1. The minimum absolute atomic E-state index is 0.0878. The zero-order valence-corrected chi connectivity index (χ0v) is 14.2. The summed E-state index contributed by atoms with van der Waals surface area (Å²) in [5, 5.41) is 3.61. The van der Waals surface area contributed by atoms with Crippen LogP contribution in [0.25, 0.3) is 11.1 Å². The van der Waals surface area contributed by atoms with Crippen LogP contribution in [0.15, 0.2) is 35.3 Å². The average molecular weight is 321 g/mol. The molecule has 4 heteroatoms. The van der Waals surface area contributed by atoms with Crippen LogP contribution in [-0.4, -0.2) is 28.7 Å². The van der Waals surface area contributed by atoms with E-state index in [0.717, 1.165) is 40.3 Å². The molecule has 1 aliphatic heterocycles. The number of nitrogens with zero attached hydrogens (tertiary/aromatic N) is 1. The molecule has 2 atom stereocenters. The highest BCUT2D eigenvalue weighted by molar-refractivity contribution is 6.11. The largest absolute Gasteiger partial charge is 0.364 e. The van der Waals surface area contributed by atoms with E-state index in [2.05, 4.69) is 22.4 Å². The van der Waals surface area contributed by atoms with Gasteiger partial charge in [0.15, 0.2) is 5.78 Å². The number of H-pyrrole nitrogens is 1. The second-order valence-electron chi connectivity index (χ2n) is 6.88. The topological polar surface area (TPSA) is 57.2 Å². The first-order valence-electron chi connectivity index (χ1n) is 8.79. The summed E-state index contributed by atoms with van der Waals surface area (Å²) < 4.78 is 0. The molecule has 2 unspecified atom stereocenters. The molecule has 4 rings (SSSR count). The molecule has 0 saturated heterocycles. The fourth-order valence-corrected chi connectivity index (χ4v) is 4.09. The first-order chi connectivity index (χ1) is 11.6. The summed E-state index contributed by atoms with van der Waals surface area (Å²) in [7, 11) is 0. The van der Waals surface area contributed by atoms with Crippen molar-refractivity contribution in [2.24, 2.45) is 4.99 Å². The number of Topliss-reactive ketones (excluding diaryl/α,β-unsaturated/α-hetero) is 1. The number of nitrogens with one attached hydrogen (secondary N) is 2. The Labute approximate surface area is 142 Å². The Morgan fingerprint density at radius 2 is 1.92 bits per heavy atom. The molecule has 1 aromatic heterocycles. The molecular weight excluding hydrogens is 298 g/mol. The van der Waals surface area contributed by atoms with E-state index in [1.807, 2.05) is 25.1 Å². The number of benzene rings is 1. The van der Waals surface area contributed by atoms with Crippen LogP contribution in [0.5, 0.6) is 0 Å². The Morgan fingerprint density at radius 1 is 1.17 bits per heavy atom. The molecule has 0 radical (unpaired) electrons. The second-order valence-corrected chi connectivity index (χ2v) is 6.88. The normalized spacial score (nSPS) is 22.7. The van der Waals surface area contributed by atoms with Crippen LogP contribution in [0.3, 0.4) is 0 Å². The van der Waals surface area contributed by atoms with E-state index in [4.69, 9.17) is 4.99 Å². The summed E-state index contributed by atoms with van der Waals surface area (Å²) in [6.45, 7) is 3.60. The molecule has 2 N–H and O–H groups in total. The monoisotopic (exact) mass is 321 g/mol. The van der Waals surface area contributed by atoms with Crippen LogP contribution in [0.2, 0.25) is 0 Å². The Morgan fingerprint density at radius 3 is 2.62 bits per heavy atom. The molecule has 1 saturated carbocycles. The maximum Gasteiger partial charge on any atom is 0.162 e. The predicted molar refractivity (Wildman–Crippen MR) is 96.7 cm³/mol. The maximum atomic E-state index is 12.3. The van der Waals surface area contributed by atoms with Crippen LogP contribution in [0.4, 0.5) is 0 Å². The fourth-order valence-electron chi connectivity index (χ4n) is 4.09. The molecule has 24 heavy (non-hydrogen) atoms. The zero-order chi connectivity index (χ0) is 16.7. The van der Waals surface area contributed by atoms with Gasteiger partial charge in [-0.1, -0.05) is 43.2 Å². The van der Waals surface area contributed by atoms with Gasteiger partial charge >= 0.3 is 0 Å². The highest BCUT2D eigenvalue weighted by atomic mass is 16.1. The lowest BCUT2D eigenvalue weighted by Crippen LogP contribution is -2.37. The van der Waals surface area contributed by atoms with Gasteiger partial charge in [0.1, 0.15) is 5.84 Å². The zero-order valence-electron chi connectivity index (χ0n) is 14.2. The van der Waals surface area contributed by atoms with Crippen molar-refractivity contribution >= 4 is 11.6 Å². The number of aryl methyl sites for hydroxylation is 1. The minimum Gasteiger partial charge on any atom is -0.364 e. The Balaban J connectivity index is 1.84. The molecule has 124 valence electrons. The number of hydrogen-bond donors (Lipinski definition) is 2. The minimum atomic E-state index is 0.0878. The number of carbonyl (C=O) groups excluding carboxylic acids is 1. The highest BCUT2D eigenvalue weighted by Crippen LogP contribution is 2.33. The molecule has 4 nitrogen and oxygen atoms in total. The van der Waals surface area contributed by atoms with Gasteiger partial charge in [-0.3, -0.25) is 9.79 Å². The molecule has 1 aliphatic carbocycles. The van der Waals surface area contributed by atoms with Crippen molar-refractivity contribution in [3.63, 3.8) is 0 Å². The van der Waals surface area contributed by atoms with Crippen molar-refractivity contribution in [3.8, 4) is 11.1 Å². The lowest BCUT2D eigenvalue weighted by molar-refractivity contribution is 0.101. The summed E-state index contributed by atoms with van der Waals surface area (Å²) in [6.07, 6.45) is 4.86. The van der Waals surface area contributed by atoms with Crippen molar-refractivity contribution in [2.75, 3.05) is 0 Å². The summed E-state index contributed by atoms with van der Waals surface area (Å²) in [6, 6.07) is 10.9. The van der Waals surface area contributed by atoms with E-state index >= 15 is 0 Å². The van der Waals surface area contributed by atoms with Gasteiger partial charge in [-0.15, -0.1) is 0 Å². The lowest BCUT2D eigenvalue weighted by atomic mass is 9.92. The third-order valence-electron chi connectivity index (χ3n) is 5.19. The van der Waals surface area contributed by atoms with Gasteiger partial charge in [-0.05, 0) is 32.3 Å². The highest BCUT2D eigenvalue weighted by Gasteiger charge is 2.33. The first-order valence-corrected chi connectivity index (χ1v) is 8.79. The Hall–Kier alpha value is -2.36. The molecule has 1 aromatic carbocycles. The smallest absolute Gasteiger partial charge is 0.162 e. The van der Waals surface area contributed by atoms with Gasteiger partial charge in [0, 0.05) is 16.8 Å². The summed E-state index contributed by atoms with van der Waals surface area (Å²) in [5.74, 6) is 1.01. The van der Waals surface area contributed by atoms with E-state index in [1.54, 1.807) is 6.92 Å². The van der Waals surface area contributed by atoms with E-state index in [0.29, 0.717) is 12.1 Å². The van der Waals surface area contributed by atoms with Gasteiger partial charge in [-0.2, -0.15) is 0 Å². The third kappa shape index (κ3) is 2.46. The summed E-state index contributed by atoms with van der Waals surface area (Å²) in [4.78, 5) is 20.6. The standard InChI is InChI=1S/C20H23N3O/c1-12-17(13(2)24)18(14-8-4-3-5-9-14)19(21-12)20-22-15-10-6-7-11-16(15)23-20/h3-5,8-9,15-16,21H,6-7,10-11H2,1-2H3,(H,22,23). The number of aliphatic imine (C=N–C) groups is 1. The maximum absolute atomic E-state index is 12.3. The molecule has 0 amide bonds. The van der Waals surface area contributed by atoms with Crippen LogP contribution in [-0.2, 0) is 0 Å². The van der Waals surface area contributed by atoms with Crippen LogP contribution >= 0.6 is 0 Å². The lowest BCUT2D eigenvalue weighted by Gasteiger charge is -2.23. The molecule has 1 fully saturated rings. The van der Waals surface area contributed by atoms with Crippen molar-refractivity contribution in [3.05, 3.63) is 47.3 Å². The molecule has 0 spiro atoms. The number of hydrogen-bond acceptors (Lipinski definition) is 3. The van der Waals surface area contributed by atoms with E-state index in [9.17, 15) is 4.79 Å². The SMILES string of the molecule is CC(=O)c1c(C)[nH]c(C2=NC3CCCCC3N2)c1-c1ccccc1. The fraction of sp³-hybridized carbons (Fsp3) is 0.400. The van der Waals surface area contributed by atoms with Crippen molar-refractivity contribution in [2.45, 2.75) is 51.6 Å². The van der Waals surface area contributed by atoms with Crippen molar-refractivity contribution in [1.82, 2.24) is 10.3 Å². The Bertz CT molecular complexity index is 804. The summed E-state index contributed by atoms with van der Waals surface area (Å²) in [5.41, 5.74) is 4.68. The van der Waals surface area contributed by atoms with Gasteiger partial charge in [0.25, 0.3) is 0 Å². The average Bonchev–Trinajstić information content (AvgIpc) is 3.16. The van der Waals surface area contributed by atoms with Crippen LogP contribution < -0.4 is 5.32 Å². The number of carbonyl (C=O) groups is 1. The van der Waals surface area contributed by atoms with E-state index < -0.39 is 0 Å². The van der Waals surface area contributed by atoms with Crippen LogP contribution in [0, 0.1) is 6.92 Å². The molecular formula is C20H23N3O. The van der Waals surface area contributed by atoms with Gasteiger partial charge in [0.2, 0.25) is 0 Å². The number of amidine groups is 1. The van der Waals surface area contributed by atoms with E-state index in [-0.39, 0.29) is 5.78 Å². The third-order valence-corrected chi connectivity index (χ3v) is 5.19. The van der Waals surface area contributed by atoms with Crippen LogP contribution in [0.1, 0.15) is 54.4 Å². The van der Waals surface area contributed by atoms with Gasteiger partial charge < -0.3 is 10.3 Å².